The molecule has 0 heterocycles. The lowest BCUT2D eigenvalue weighted by molar-refractivity contribution is 0.112. The second-order valence-electron chi connectivity index (χ2n) is 4.65. The minimum Gasteiger partial charge on any atom is -0.493 e. The van der Waals surface area contributed by atoms with Crippen molar-refractivity contribution in [2.45, 2.75) is 0 Å². The topological polar surface area (TPSA) is 44.8 Å². The highest BCUT2D eigenvalue weighted by Gasteiger charge is 2.18. The molecule has 0 aliphatic rings. The van der Waals surface area contributed by atoms with E-state index in [0.717, 1.165) is 11.8 Å². The van der Waals surface area contributed by atoms with Gasteiger partial charge in [-0.05, 0) is 29.8 Å². The first-order chi connectivity index (χ1) is 11.1. The van der Waals surface area contributed by atoms with Crippen molar-refractivity contribution in [1.82, 2.24) is 0 Å². The van der Waals surface area contributed by atoms with Gasteiger partial charge in [0.1, 0.15) is 5.82 Å². The third-order valence-electron chi connectivity index (χ3n) is 3.34. The highest BCUT2D eigenvalue weighted by Crippen LogP contribution is 2.42. The van der Waals surface area contributed by atoms with Gasteiger partial charge in [0, 0.05) is 11.1 Å². The number of aldehydes is 1. The summed E-state index contributed by atoms with van der Waals surface area (Å²) in [6.07, 6.45) is 4.20. The fourth-order valence-electron chi connectivity index (χ4n) is 2.22. The standard InChI is InChI=1S/C18H17FO4/c1-21-16-10-13(11-20)15(17(22-2)18(16)23-3)9-6-12-4-7-14(19)8-5-12/h4-11H,1-3H3/b9-6+. The molecule has 0 aromatic heterocycles. The van der Waals surface area contributed by atoms with E-state index in [1.165, 1.54) is 33.5 Å². The largest absolute Gasteiger partial charge is 0.493 e. The smallest absolute Gasteiger partial charge is 0.203 e. The summed E-state index contributed by atoms with van der Waals surface area (Å²) >= 11 is 0. The van der Waals surface area contributed by atoms with Crippen molar-refractivity contribution in [2.75, 3.05) is 21.3 Å². The van der Waals surface area contributed by atoms with E-state index < -0.39 is 0 Å². The minimum absolute atomic E-state index is 0.306. The normalized spacial score (nSPS) is 10.6. The van der Waals surface area contributed by atoms with Crippen molar-refractivity contribution in [1.29, 1.82) is 0 Å². The van der Waals surface area contributed by atoms with Gasteiger partial charge in [0.25, 0.3) is 0 Å². The van der Waals surface area contributed by atoms with E-state index in [2.05, 4.69) is 0 Å². The molecule has 0 atom stereocenters. The molecule has 5 heteroatoms. The molecule has 2 aromatic rings. The van der Waals surface area contributed by atoms with Crippen LogP contribution in [0.2, 0.25) is 0 Å². The Balaban J connectivity index is 2.55. The number of hydrogen-bond acceptors (Lipinski definition) is 4. The van der Waals surface area contributed by atoms with Crippen LogP contribution < -0.4 is 14.2 Å². The Bertz CT molecular complexity index is 721. The minimum atomic E-state index is -0.306. The zero-order valence-electron chi connectivity index (χ0n) is 13.1. The molecule has 0 fully saturated rings. The van der Waals surface area contributed by atoms with Crippen LogP contribution >= 0.6 is 0 Å². The summed E-state index contributed by atoms with van der Waals surface area (Å²) in [6.45, 7) is 0. The molecule has 23 heavy (non-hydrogen) atoms. The number of carbonyl (C=O) groups excluding carboxylic acids is 1. The molecule has 120 valence electrons. The Kier molecular flexibility index (Phi) is 5.36. The van der Waals surface area contributed by atoms with Crippen LogP contribution in [-0.2, 0) is 0 Å². The van der Waals surface area contributed by atoms with E-state index in [1.54, 1.807) is 30.4 Å². The number of ether oxygens (including phenoxy) is 3. The van der Waals surface area contributed by atoms with Crippen molar-refractivity contribution in [3.8, 4) is 17.2 Å². The molecule has 0 aliphatic carbocycles. The number of methoxy groups -OCH3 is 3. The fraction of sp³-hybridized carbons (Fsp3) is 0.167. The van der Waals surface area contributed by atoms with Gasteiger partial charge in [-0.1, -0.05) is 18.2 Å². The van der Waals surface area contributed by atoms with Crippen LogP contribution in [0.1, 0.15) is 21.5 Å². The summed E-state index contributed by atoms with van der Waals surface area (Å²) in [7, 11) is 4.47. The molecule has 0 aliphatic heterocycles. The van der Waals surface area contributed by atoms with Crippen molar-refractivity contribution < 1.29 is 23.4 Å². The molecule has 0 spiro atoms. The van der Waals surface area contributed by atoms with Gasteiger partial charge >= 0.3 is 0 Å². The monoisotopic (exact) mass is 316 g/mol. The van der Waals surface area contributed by atoms with Crippen LogP contribution in [-0.4, -0.2) is 27.6 Å². The molecule has 0 unspecified atom stereocenters. The third-order valence-corrected chi connectivity index (χ3v) is 3.34. The Morgan fingerprint density at radius 1 is 0.913 bits per heavy atom. The summed E-state index contributed by atoms with van der Waals surface area (Å²) < 4.78 is 28.9. The molecular formula is C18H17FO4. The summed E-state index contributed by atoms with van der Waals surface area (Å²) in [5.74, 6) is 0.900. The van der Waals surface area contributed by atoms with E-state index in [9.17, 15) is 9.18 Å². The lowest BCUT2D eigenvalue weighted by atomic mass is 10.0. The third kappa shape index (κ3) is 3.51. The van der Waals surface area contributed by atoms with E-state index in [1.807, 2.05) is 0 Å². The van der Waals surface area contributed by atoms with Gasteiger partial charge in [0.05, 0.1) is 21.3 Å². The van der Waals surface area contributed by atoms with Crippen molar-refractivity contribution in [3.05, 3.63) is 52.8 Å². The highest BCUT2D eigenvalue weighted by molar-refractivity contribution is 5.89. The molecule has 2 aromatic carbocycles. The molecule has 0 saturated carbocycles. The molecule has 0 saturated heterocycles. The lowest BCUT2D eigenvalue weighted by Gasteiger charge is -2.16. The summed E-state index contributed by atoms with van der Waals surface area (Å²) in [5.41, 5.74) is 1.75. The van der Waals surface area contributed by atoms with Crippen LogP contribution in [0, 0.1) is 5.82 Å². The van der Waals surface area contributed by atoms with Crippen LogP contribution in [0.3, 0.4) is 0 Å². The molecule has 4 nitrogen and oxygen atoms in total. The van der Waals surface area contributed by atoms with E-state index >= 15 is 0 Å². The number of halogens is 1. The number of benzene rings is 2. The first-order valence-corrected chi connectivity index (χ1v) is 6.86. The molecule has 2 rings (SSSR count). The summed E-state index contributed by atoms with van der Waals surface area (Å²) in [4.78, 5) is 11.4. The van der Waals surface area contributed by atoms with Gasteiger partial charge in [-0.25, -0.2) is 4.39 Å². The second-order valence-corrected chi connectivity index (χ2v) is 4.65. The molecule has 0 N–H and O–H groups in total. The van der Waals surface area contributed by atoms with Crippen LogP contribution in [0.25, 0.3) is 12.2 Å². The lowest BCUT2D eigenvalue weighted by Crippen LogP contribution is -2.00. The molecular weight excluding hydrogens is 299 g/mol. The first kappa shape index (κ1) is 16.5. The van der Waals surface area contributed by atoms with Gasteiger partial charge in [-0.15, -0.1) is 0 Å². The molecule has 0 amide bonds. The average molecular weight is 316 g/mol. The van der Waals surface area contributed by atoms with Crippen LogP contribution in [0.4, 0.5) is 4.39 Å². The Morgan fingerprint density at radius 3 is 2.09 bits per heavy atom. The van der Waals surface area contributed by atoms with E-state index in [0.29, 0.717) is 28.4 Å². The average Bonchev–Trinajstić information content (AvgIpc) is 2.59. The number of hydrogen-bond donors (Lipinski definition) is 0. The maximum atomic E-state index is 12.9. The van der Waals surface area contributed by atoms with Crippen molar-refractivity contribution in [3.63, 3.8) is 0 Å². The predicted molar refractivity (Wildman–Crippen MR) is 86.8 cm³/mol. The van der Waals surface area contributed by atoms with Gasteiger partial charge in [-0.3, -0.25) is 4.79 Å². The van der Waals surface area contributed by atoms with Crippen molar-refractivity contribution in [2.24, 2.45) is 0 Å². The predicted octanol–water partition coefficient (Wildman–Crippen LogP) is 3.83. The van der Waals surface area contributed by atoms with E-state index in [4.69, 9.17) is 14.2 Å². The van der Waals surface area contributed by atoms with Crippen LogP contribution in [0.15, 0.2) is 30.3 Å². The highest BCUT2D eigenvalue weighted by atomic mass is 19.1. The first-order valence-electron chi connectivity index (χ1n) is 6.86. The number of rotatable bonds is 6. The summed E-state index contributed by atoms with van der Waals surface area (Å²) in [5, 5.41) is 0. The van der Waals surface area contributed by atoms with Gasteiger partial charge in [0.15, 0.2) is 17.8 Å². The summed E-state index contributed by atoms with van der Waals surface area (Å²) in [6, 6.07) is 7.59. The van der Waals surface area contributed by atoms with Gasteiger partial charge < -0.3 is 14.2 Å². The van der Waals surface area contributed by atoms with Crippen LogP contribution in [0.5, 0.6) is 17.2 Å². The van der Waals surface area contributed by atoms with E-state index in [-0.39, 0.29) is 5.82 Å². The SMILES string of the molecule is COc1cc(C=O)c(/C=C/c2ccc(F)cc2)c(OC)c1OC. The Hall–Kier alpha value is -2.82. The van der Waals surface area contributed by atoms with Gasteiger partial charge in [0.2, 0.25) is 5.75 Å². The number of carbonyl (C=O) groups is 1. The maximum absolute atomic E-state index is 12.9. The maximum Gasteiger partial charge on any atom is 0.203 e. The molecule has 0 radical (unpaired) electrons. The second kappa shape index (κ2) is 7.45. The van der Waals surface area contributed by atoms with Gasteiger partial charge in [-0.2, -0.15) is 0 Å². The Labute approximate surface area is 134 Å². The zero-order valence-corrected chi connectivity index (χ0v) is 13.1. The zero-order chi connectivity index (χ0) is 16.8. The Morgan fingerprint density at radius 2 is 1.57 bits per heavy atom. The van der Waals surface area contributed by atoms with Crippen molar-refractivity contribution >= 4 is 18.4 Å². The molecule has 0 bridgehead atoms. The quantitative estimate of drug-likeness (QED) is 0.600. The fourth-order valence-corrected chi connectivity index (χ4v) is 2.22.